The van der Waals surface area contributed by atoms with Gasteiger partial charge in [0.15, 0.2) is 0 Å². The van der Waals surface area contributed by atoms with Gasteiger partial charge in [0, 0.05) is 24.7 Å². The first-order valence-electron chi connectivity index (χ1n) is 7.45. The van der Waals surface area contributed by atoms with Gasteiger partial charge in [0.1, 0.15) is 10.9 Å². The zero-order valence-electron chi connectivity index (χ0n) is 13.0. The van der Waals surface area contributed by atoms with Crippen molar-refractivity contribution < 1.29 is 22.8 Å². The number of thiophene rings is 1. The minimum atomic E-state index is -4.63. The van der Waals surface area contributed by atoms with Crippen molar-refractivity contribution in [1.29, 1.82) is 0 Å². The molecule has 0 aromatic carbocycles. The van der Waals surface area contributed by atoms with Crippen molar-refractivity contribution >= 4 is 33.4 Å². The summed E-state index contributed by atoms with van der Waals surface area (Å²) in [5, 5.41) is 0.708. The van der Waals surface area contributed by atoms with Crippen LogP contribution in [-0.4, -0.2) is 58.5 Å². The smallest absolute Gasteiger partial charge is 0.335 e. The van der Waals surface area contributed by atoms with E-state index in [0.29, 0.717) is 10.2 Å². The van der Waals surface area contributed by atoms with E-state index >= 15 is 0 Å². The van der Waals surface area contributed by atoms with Gasteiger partial charge in [0.05, 0.1) is 11.4 Å². The second-order valence-corrected chi connectivity index (χ2v) is 6.58. The molecule has 3 heterocycles. The Morgan fingerprint density at radius 3 is 2.76 bits per heavy atom. The van der Waals surface area contributed by atoms with E-state index in [0.717, 1.165) is 27.2 Å². The van der Waals surface area contributed by atoms with Crippen LogP contribution in [0, 0.1) is 0 Å². The van der Waals surface area contributed by atoms with Crippen molar-refractivity contribution in [2.24, 2.45) is 0 Å². The number of hydrogen-bond acceptors (Lipinski definition) is 4. The van der Waals surface area contributed by atoms with Gasteiger partial charge in [0.2, 0.25) is 5.91 Å². The Hall–Kier alpha value is -2.42. The molecule has 1 aliphatic rings. The Bertz CT molecular complexity index is 800. The molecule has 1 saturated heterocycles. The highest BCUT2D eigenvalue weighted by Gasteiger charge is 2.49. The third kappa shape index (κ3) is 3.37. The van der Waals surface area contributed by atoms with E-state index in [9.17, 15) is 22.8 Å². The molecule has 2 aromatic heterocycles. The lowest BCUT2D eigenvalue weighted by Crippen LogP contribution is -2.61. The molecule has 0 bridgehead atoms. The molecule has 132 valence electrons. The topological polar surface area (TPSA) is 53.5 Å². The van der Waals surface area contributed by atoms with Gasteiger partial charge in [-0.15, -0.1) is 11.3 Å². The van der Waals surface area contributed by atoms with Crippen LogP contribution < -0.4 is 0 Å². The number of amides is 2. The van der Waals surface area contributed by atoms with Gasteiger partial charge in [-0.25, -0.2) is 4.98 Å². The molecule has 5 nitrogen and oxygen atoms in total. The molecule has 0 radical (unpaired) electrons. The molecule has 1 unspecified atom stereocenters. The summed E-state index contributed by atoms with van der Waals surface area (Å²) in [5.41, 5.74) is 0. The number of pyridine rings is 1. The summed E-state index contributed by atoms with van der Waals surface area (Å²) < 4.78 is 40.3. The number of halogens is 3. The van der Waals surface area contributed by atoms with E-state index in [2.05, 4.69) is 11.6 Å². The Labute approximate surface area is 145 Å². The van der Waals surface area contributed by atoms with Crippen LogP contribution in [0.4, 0.5) is 13.2 Å². The number of fused-ring (bicyclic) bond motifs is 1. The summed E-state index contributed by atoms with van der Waals surface area (Å²) in [6, 6.07) is 2.94. The molecule has 1 fully saturated rings. The second kappa shape index (κ2) is 6.47. The van der Waals surface area contributed by atoms with Crippen LogP contribution in [0.5, 0.6) is 0 Å². The molecule has 0 aliphatic carbocycles. The van der Waals surface area contributed by atoms with Gasteiger partial charge < -0.3 is 9.80 Å². The molecule has 3 rings (SSSR count). The van der Waals surface area contributed by atoms with Crippen LogP contribution in [0.3, 0.4) is 0 Å². The molecule has 0 spiro atoms. The quantitative estimate of drug-likeness (QED) is 0.765. The average molecular weight is 369 g/mol. The van der Waals surface area contributed by atoms with E-state index in [1.807, 2.05) is 0 Å². The molecule has 0 saturated carbocycles. The van der Waals surface area contributed by atoms with Crippen molar-refractivity contribution in [1.82, 2.24) is 14.8 Å². The molecule has 9 heteroatoms. The van der Waals surface area contributed by atoms with Crippen LogP contribution in [0.2, 0.25) is 0 Å². The lowest BCUT2D eigenvalue weighted by Gasteiger charge is -2.41. The van der Waals surface area contributed by atoms with Crippen LogP contribution in [0.15, 0.2) is 37.1 Å². The summed E-state index contributed by atoms with van der Waals surface area (Å²) in [6.45, 7) is 2.54. The van der Waals surface area contributed by atoms with Gasteiger partial charge in [-0.05, 0) is 18.2 Å². The number of aromatic nitrogens is 1. The standard InChI is InChI=1S/C16H14F3N3O2S/c1-2-13(23)21-6-7-22(12(9-21)16(17,18)19)15(24)11-8-10-4-3-5-20-14(10)25-11/h2-5,8,12H,1,6-7,9H2. The summed E-state index contributed by atoms with van der Waals surface area (Å²) in [4.78, 5) is 31.0. The van der Waals surface area contributed by atoms with Crippen molar-refractivity contribution in [3.8, 4) is 0 Å². The minimum absolute atomic E-state index is 0.0340. The van der Waals surface area contributed by atoms with E-state index in [1.54, 1.807) is 24.4 Å². The second-order valence-electron chi connectivity index (χ2n) is 5.55. The summed E-state index contributed by atoms with van der Waals surface area (Å²) in [7, 11) is 0. The van der Waals surface area contributed by atoms with Crippen molar-refractivity contribution in [3.05, 3.63) is 41.9 Å². The Morgan fingerprint density at radius 2 is 2.12 bits per heavy atom. The molecular weight excluding hydrogens is 355 g/mol. The van der Waals surface area contributed by atoms with E-state index in [4.69, 9.17) is 0 Å². The summed E-state index contributed by atoms with van der Waals surface area (Å²) >= 11 is 1.06. The Morgan fingerprint density at radius 1 is 1.36 bits per heavy atom. The van der Waals surface area contributed by atoms with Gasteiger partial charge in [-0.1, -0.05) is 12.6 Å². The fourth-order valence-corrected chi connectivity index (χ4v) is 3.71. The molecule has 1 aliphatic heterocycles. The molecular formula is C16H14F3N3O2S. The average Bonchev–Trinajstić information content (AvgIpc) is 3.03. The lowest BCUT2D eigenvalue weighted by atomic mass is 10.1. The monoisotopic (exact) mass is 369 g/mol. The number of piperazine rings is 1. The number of hydrogen-bond donors (Lipinski definition) is 0. The van der Waals surface area contributed by atoms with E-state index < -0.39 is 30.6 Å². The van der Waals surface area contributed by atoms with Crippen molar-refractivity contribution in [2.75, 3.05) is 19.6 Å². The Balaban J connectivity index is 1.89. The molecule has 0 N–H and O–H groups in total. The summed E-state index contributed by atoms with van der Waals surface area (Å²) in [6.07, 6.45) is -2.10. The first-order chi connectivity index (χ1) is 11.8. The molecule has 1 atom stereocenters. The van der Waals surface area contributed by atoms with Crippen molar-refractivity contribution in [2.45, 2.75) is 12.2 Å². The van der Waals surface area contributed by atoms with Gasteiger partial charge >= 0.3 is 6.18 Å². The maximum atomic E-state index is 13.4. The third-order valence-electron chi connectivity index (χ3n) is 4.01. The van der Waals surface area contributed by atoms with Crippen LogP contribution in [0.25, 0.3) is 10.2 Å². The van der Waals surface area contributed by atoms with Gasteiger partial charge in [-0.3, -0.25) is 9.59 Å². The zero-order valence-corrected chi connectivity index (χ0v) is 13.8. The summed E-state index contributed by atoms with van der Waals surface area (Å²) in [5.74, 6) is -1.27. The highest BCUT2D eigenvalue weighted by molar-refractivity contribution is 7.20. The van der Waals surface area contributed by atoms with Crippen LogP contribution >= 0.6 is 11.3 Å². The highest BCUT2D eigenvalue weighted by atomic mass is 32.1. The van der Waals surface area contributed by atoms with E-state index in [1.165, 1.54) is 0 Å². The molecule has 2 amide bonds. The first kappa shape index (κ1) is 17.4. The fraction of sp³-hybridized carbons (Fsp3) is 0.312. The normalized spacial score (nSPS) is 18.4. The number of rotatable bonds is 2. The van der Waals surface area contributed by atoms with Crippen molar-refractivity contribution in [3.63, 3.8) is 0 Å². The maximum absolute atomic E-state index is 13.4. The third-order valence-corrected chi connectivity index (χ3v) is 5.06. The number of carbonyl (C=O) groups is 2. The maximum Gasteiger partial charge on any atom is 0.410 e. The lowest BCUT2D eigenvalue weighted by molar-refractivity contribution is -0.189. The number of nitrogens with zero attached hydrogens (tertiary/aromatic N) is 3. The zero-order chi connectivity index (χ0) is 18.2. The predicted octanol–water partition coefficient (Wildman–Crippen LogP) is 2.70. The number of carbonyl (C=O) groups excluding carboxylic acids is 2. The minimum Gasteiger partial charge on any atom is -0.335 e. The predicted molar refractivity (Wildman–Crippen MR) is 87.3 cm³/mol. The van der Waals surface area contributed by atoms with Crippen LogP contribution in [-0.2, 0) is 4.79 Å². The largest absolute Gasteiger partial charge is 0.410 e. The molecule has 25 heavy (non-hydrogen) atoms. The highest BCUT2D eigenvalue weighted by Crippen LogP contribution is 2.31. The fourth-order valence-electron chi connectivity index (χ4n) is 2.76. The van der Waals surface area contributed by atoms with Crippen LogP contribution in [0.1, 0.15) is 9.67 Å². The van der Waals surface area contributed by atoms with Gasteiger partial charge in [0.25, 0.3) is 5.91 Å². The van der Waals surface area contributed by atoms with E-state index in [-0.39, 0.29) is 18.0 Å². The SMILES string of the molecule is C=CC(=O)N1CCN(C(=O)c2cc3cccnc3s2)C(C(F)(F)F)C1. The van der Waals surface area contributed by atoms with Gasteiger partial charge in [-0.2, -0.15) is 13.2 Å². The first-order valence-corrected chi connectivity index (χ1v) is 8.26. The Kier molecular flexibility index (Phi) is 4.51. The molecule has 2 aromatic rings. The number of alkyl halides is 3.